The predicted octanol–water partition coefficient (Wildman–Crippen LogP) is 4.36. The zero-order chi connectivity index (χ0) is 22.5. The lowest BCUT2D eigenvalue weighted by Crippen LogP contribution is -2.32. The first-order valence-electron chi connectivity index (χ1n) is 9.80. The molecule has 1 atom stereocenters. The van der Waals surface area contributed by atoms with Crippen molar-refractivity contribution in [1.82, 2.24) is 15.3 Å². The molecule has 2 heterocycles. The molecule has 9 nitrogen and oxygen atoms in total. The van der Waals surface area contributed by atoms with Crippen LogP contribution >= 0.6 is 0 Å². The molecule has 0 aliphatic rings. The van der Waals surface area contributed by atoms with E-state index in [1.54, 1.807) is 13.8 Å². The minimum Gasteiger partial charge on any atom is -0.464 e. The summed E-state index contributed by atoms with van der Waals surface area (Å²) in [7, 11) is 1.27. The Morgan fingerprint density at radius 3 is 2.42 bits per heavy atom. The summed E-state index contributed by atoms with van der Waals surface area (Å²) in [5.41, 5.74) is 1.30. The molecule has 31 heavy (non-hydrogen) atoms. The number of amides is 1. The van der Waals surface area contributed by atoms with Crippen LogP contribution in [0.1, 0.15) is 53.4 Å². The fraction of sp³-hybridized carbons (Fsp3) is 0.364. The van der Waals surface area contributed by atoms with Crippen LogP contribution in [0.4, 0.5) is 4.79 Å². The minimum atomic E-state index is -0.600. The molecule has 0 saturated carbocycles. The molecule has 0 aliphatic heterocycles. The van der Waals surface area contributed by atoms with Gasteiger partial charge in [-0.25, -0.2) is 19.6 Å². The van der Waals surface area contributed by atoms with Gasteiger partial charge in [-0.3, -0.25) is 0 Å². The third-order valence-electron chi connectivity index (χ3n) is 4.61. The average molecular weight is 427 g/mol. The molecule has 0 bridgehead atoms. The van der Waals surface area contributed by atoms with Crippen LogP contribution in [0, 0.1) is 19.8 Å². The summed E-state index contributed by atoms with van der Waals surface area (Å²) in [5, 5.41) is 2.80. The van der Waals surface area contributed by atoms with Crippen LogP contribution in [-0.2, 0) is 16.1 Å². The Balaban J connectivity index is 1.77. The number of benzene rings is 1. The Kier molecular flexibility index (Phi) is 6.74. The first-order valence-corrected chi connectivity index (χ1v) is 9.80. The molecule has 2 aromatic heterocycles. The SMILES string of the molecule is COC(=O)c1nc(-c2nc([C@@H](NC(=O)OCc3ccccc3)C(C)C)oc2C)oc1C. The van der Waals surface area contributed by atoms with Gasteiger partial charge in [0.1, 0.15) is 24.2 Å². The van der Waals surface area contributed by atoms with Crippen molar-refractivity contribution < 1.29 is 27.9 Å². The maximum atomic E-state index is 12.3. The molecule has 3 rings (SSSR count). The number of esters is 1. The first kappa shape index (κ1) is 22.1. The van der Waals surface area contributed by atoms with E-state index < -0.39 is 18.1 Å². The highest BCUT2D eigenvalue weighted by Gasteiger charge is 2.28. The molecule has 0 aliphatic carbocycles. The van der Waals surface area contributed by atoms with Crippen molar-refractivity contribution in [3.05, 3.63) is 59.0 Å². The monoisotopic (exact) mass is 427 g/mol. The van der Waals surface area contributed by atoms with E-state index in [-0.39, 0.29) is 30.0 Å². The Labute approximate surface area is 179 Å². The zero-order valence-electron chi connectivity index (χ0n) is 18.1. The van der Waals surface area contributed by atoms with Crippen molar-refractivity contribution in [3.63, 3.8) is 0 Å². The van der Waals surface area contributed by atoms with E-state index in [0.29, 0.717) is 17.2 Å². The first-order chi connectivity index (χ1) is 14.8. The Morgan fingerprint density at radius 1 is 1.06 bits per heavy atom. The second kappa shape index (κ2) is 9.46. The smallest absolute Gasteiger partial charge is 0.408 e. The lowest BCUT2D eigenvalue weighted by molar-refractivity contribution is 0.0593. The Hall–Kier alpha value is -3.62. The number of ether oxygens (including phenoxy) is 2. The van der Waals surface area contributed by atoms with Crippen LogP contribution in [0.15, 0.2) is 39.2 Å². The van der Waals surface area contributed by atoms with Crippen LogP contribution in [0.25, 0.3) is 11.6 Å². The number of methoxy groups -OCH3 is 1. The molecule has 0 radical (unpaired) electrons. The van der Waals surface area contributed by atoms with Gasteiger partial charge in [-0.1, -0.05) is 44.2 Å². The summed E-state index contributed by atoms with van der Waals surface area (Å²) in [6.45, 7) is 7.31. The minimum absolute atomic E-state index is 0.0351. The maximum absolute atomic E-state index is 12.3. The molecule has 0 fully saturated rings. The standard InChI is InChI=1S/C22H25N3O6/c1-12(2)16(25-22(27)29-11-15-9-7-6-8-10-15)19-23-17(13(3)30-19)20-24-18(14(4)31-20)21(26)28-5/h6-10,12,16H,11H2,1-5H3,(H,25,27)/t16-/m0/s1. The van der Waals surface area contributed by atoms with E-state index in [2.05, 4.69) is 15.3 Å². The molecule has 0 saturated heterocycles. The van der Waals surface area contributed by atoms with Crippen molar-refractivity contribution in [1.29, 1.82) is 0 Å². The summed E-state index contributed by atoms with van der Waals surface area (Å²) < 4.78 is 21.4. The number of alkyl carbamates (subject to hydrolysis) is 1. The summed E-state index contributed by atoms with van der Waals surface area (Å²) in [6.07, 6.45) is -0.583. The largest absolute Gasteiger partial charge is 0.464 e. The lowest BCUT2D eigenvalue weighted by atomic mass is 10.1. The van der Waals surface area contributed by atoms with Crippen molar-refractivity contribution in [2.24, 2.45) is 5.92 Å². The third kappa shape index (κ3) is 5.11. The zero-order valence-corrected chi connectivity index (χ0v) is 18.1. The molecule has 1 aromatic carbocycles. The van der Waals surface area contributed by atoms with E-state index in [1.165, 1.54) is 7.11 Å². The van der Waals surface area contributed by atoms with Gasteiger partial charge < -0.3 is 23.6 Å². The van der Waals surface area contributed by atoms with Gasteiger partial charge in [-0.15, -0.1) is 0 Å². The van der Waals surface area contributed by atoms with Gasteiger partial charge in [0.05, 0.1) is 7.11 Å². The highest BCUT2D eigenvalue weighted by atomic mass is 16.5. The van der Waals surface area contributed by atoms with E-state index in [1.807, 2.05) is 44.2 Å². The summed E-state index contributed by atoms with van der Waals surface area (Å²) in [6, 6.07) is 8.85. The number of hydrogen-bond donors (Lipinski definition) is 1. The molecule has 0 unspecified atom stereocenters. The Bertz CT molecular complexity index is 1050. The Morgan fingerprint density at radius 2 is 1.77 bits per heavy atom. The van der Waals surface area contributed by atoms with Crippen LogP contribution in [-0.4, -0.2) is 29.1 Å². The fourth-order valence-corrected chi connectivity index (χ4v) is 2.94. The molecule has 0 spiro atoms. The molecular weight excluding hydrogens is 402 g/mol. The lowest BCUT2D eigenvalue weighted by Gasteiger charge is -2.19. The number of carbonyl (C=O) groups is 2. The van der Waals surface area contributed by atoms with Gasteiger partial charge in [-0.2, -0.15) is 0 Å². The molecule has 1 N–H and O–H groups in total. The number of nitrogens with one attached hydrogen (secondary N) is 1. The number of aryl methyl sites for hydroxylation is 2. The second-order valence-corrected chi connectivity index (χ2v) is 7.30. The molecule has 164 valence electrons. The van der Waals surface area contributed by atoms with Crippen molar-refractivity contribution in [3.8, 4) is 11.6 Å². The van der Waals surface area contributed by atoms with Gasteiger partial charge >= 0.3 is 12.1 Å². The number of nitrogens with zero attached hydrogens (tertiary/aromatic N) is 2. The quantitative estimate of drug-likeness (QED) is 0.553. The van der Waals surface area contributed by atoms with E-state index in [0.717, 1.165) is 5.56 Å². The van der Waals surface area contributed by atoms with Crippen molar-refractivity contribution >= 4 is 12.1 Å². The maximum Gasteiger partial charge on any atom is 0.408 e. The topological polar surface area (TPSA) is 117 Å². The van der Waals surface area contributed by atoms with Crippen LogP contribution in [0.2, 0.25) is 0 Å². The van der Waals surface area contributed by atoms with E-state index >= 15 is 0 Å². The van der Waals surface area contributed by atoms with Gasteiger partial charge in [-0.05, 0) is 25.3 Å². The third-order valence-corrected chi connectivity index (χ3v) is 4.61. The molecular formula is C22H25N3O6. The predicted molar refractivity (Wildman–Crippen MR) is 110 cm³/mol. The fourth-order valence-electron chi connectivity index (χ4n) is 2.94. The van der Waals surface area contributed by atoms with E-state index in [9.17, 15) is 9.59 Å². The molecule has 3 aromatic rings. The molecule has 1 amide bonds. The van der Waals surface area contributed by atoms with Gasteiger partial charge in [0.15, 0.2) is 11.4 Å². The van der Waals surface area contributed by atoms with Crippen molar-refractivity contribution in [2.45, 2.75) is 40.3 Å². The van der Waals surface area contributed by atoms with Crippen LogP contribution < -0.4 is 5.32 Å². The van der Waals surface area contributed by atoms with Gasteiger partial charge in [0.25, 0.3) is 0 Å². The van der Waals surface area contributed by atoms with Crippen LogP contribution in [0.3, 0.4) is 0 Å². The van der Waals surface area contributed by atoms with Gasteiger partial charge in [0, 0.05) is 0 Å². The number of rotatable bonds is 7. The molecule has 9 heteroatoms. The number of aromatic nitrogens is 2. The summed E-state index contributed by atoms with van der Waals surface area (Å²) in [5.74, 6) is 0.546. The number of hydrogen-bond acceptors (Lipinski definition) is 8. The van der Waals surface area contributed by atoms with Gasteiger partial charge in [0.2, 0.25) is 11.8 Å². The summed E-state index contributed by atoms with van der Waals surface area (Å²) in [4.78, 5) is 32.8. The van der Waals surface area contributed by atoms with E-state index in [4.69, 9.17) is 18.3 Å². The second-order valence-electron chi connectivity index (χ2n) is 7.30. The van der Waals surface area contributed by atoms with Crippen LogP contribution in [0.5, 0.6) is 0 Å². The van der Waals surface area contributed by atoms with Crippen molar-refractivity contribution in [2.75, 3.05) is 7.11 Å². The summed E-state index contributed by atoms with van der Waals surface area (Å²) >= 11 is 0. The average Bonchev–Trinajstić information content (AvgIpc) is 3.32. The number of oxazole rings is 2. The highest BCUT2D eigenvalue weighted by molar-refractivity contribution is 5.88. The highest BCUT2D eigenvalue weighted by Crippen LogP contribution is 2.30. The number of carbonyl (C=O) groups excluding carboxylic acids is 2. The normalized spacial score (nSPS) is 11.9.